The molecule has 0 saturated carbocycles. The van der Waals surface area contributed by atoms with Gasteiger partial charge in [0.2, 0.25) is 0 Å². The Hall–Kier alpha value is -1.20. The molecule has 1 aromatic rings. The predicted octanol–water partition coefficient (Wildman–Crippen LogP) is 2.19. The van der Waals surface area contributed by atoms with Crippen molar-refractivity contribution in [2.75, 3.05) is 0 Å². The number of hydrogen-bond acceptors (Lipinski definition) is 2. The van der Waals surface area contributed by atoms with E-state index in [-0.39, 0.29) is 9.92 Å². The predicted molar refractivity (Wildman–Crippen MR) is 54.6 cm³/mol. The lowest BCUT2D eigenvalue weighted by Gasteiger charge is -1.98. The van der Waals surface area contributed by atoms with Gasteiger partial charge in [-0.25, -0.2) is 13.4 Å². The summed E-state index contributed by atoms with van der Waals surface area (Å²) in [6.07, 6.45) is 0.757. The Morgan fingerprint density at radius 1 is 1.53 bits per heavy atom. The van der Waals surface area contributed by atoms with Gasteiger partial charge in [0.1, 0.15) is 5.82 Å². The third kappa shape index (κ3) is 3.45. The Labute approximate surface area is 92.6 Å². The van der Waals surface area contributed by atoms with Crippen molar-refractivity contribution in [1.82, 2.24) is 0 Å². The molecule has 3 nitrogen and oxygen atoms in total. The summed E-state index contributed by atoms with van der Waals surface area (Å²) in [6, 6.07) is 3.55. The normalized spacial score (nSPS) is 12.9. The molecule has 6 heteroatoms. The lowest BCUT2D eigenvalue weighted by molar-refractivity contribution is -0.131. The number of carboxylic acids is 1. The van der Waals surface area contributed by atoms with Gasteiger partial charge < -0.3 is 5.11 Å². The van der Waals surface area contributed by atoms with Crippen LogP contribution in [0.3, 0.4) is 0 Å². The molecule has 1 atom stereocenters. The first kappa shape index (κ1) is 11.9. The summed E-state index contributed by atoms with van der Waals surface area (Å²) in [4.78, 5) is 10.4. The largest absolute Gasteiger partial charge is 0.478 e. The molecular weight excluding hydrogens is 243 g/mol. The van der Waals surface area contributed by atoms with Gasteiger partial charge in [0.05, 0.1) is 15.8 Å². The van der Waals surface area contributed by atoms with E-state index in [9.17, 15) is 13.4 Å². The maximum atomic E-state index is 12.7. The molecule has 1 aromatic carbocycles. The molecule has 1 N–H and O–H groups in total. The molecule has 1 unspecified atom stereocenters. The zero-order valence-corrected chi connectivity index (χ0v) is 8.89. The number of carboxylic acid groups (broad SMARTS) is 1. The maximum Gasteiger partial charge on any atom is 0.328 e. The topological polar surface area (TPSA) is 54.4 Å². The van der Waals surface area contributed by atoms with Crippen molar-refractivity contribution in [2.45, 2.75) is 4.90 Å². The molecule has 15 heavy (non-hydrogen) atoms. The van der Waals surface area contributed by atoms with E-state index in [1.54, 1.807) is 0 Å². The van der Waals surface area contributed by atoms with Crippen molar-refractivity contribution < 1.29 is 18.5 Å². The highest BCUT2D eigenvalue weighted by molar-refractivity contribution is 7.88. The van der Waals surface area contributed by atoms with Crippen molar-refractivity contribution >= 4 is 28.4 Å². The number of hydrogen-bond donors (Lipinski definition) is 1. The monoisotopic (exact) mass is 248 g/mol. The van der Waals surface area contributed by atoms with Crippen molar-refractivity contribution in [3.05, 3.63) is 40.5 Å². The van der Waals surface area contributed by atoms with Gasteiger partial charge in [0, 0.05) is 16.4 Å². The van der Waals surface area contributed by atoms with Crippen LogP contribution in [0.5, 0.6) is 0 Å². The average Bonchev–Trinajstić information content (AvgIpc) is 2.18. The maximum absolute atomic E-state index is 12.7. The first-order chi connectivity index (χ1) is 7.00. The first-order valence-corrected chi connectivity index (χ1v) is 5.36. The zero-order valence-electron chi connectivity index (χ0n) is 7.31. The molecule has 0 aliphatic rings. The van der Waals surface area contributed by atoms with Gasteiger partial charge in [0.15, 0.2) is 0 Å². The van der Waals surface area contributed by atoms with E-state index in [1.807, 2.05) is 0 Å². The van der Waals surface area contributed by atoms with Crippen LogP contribution in [-0.2, 0) is 15.6 Å². The van der Waals surface area contributed by atoms with Gasteiger partial charge in [-0.15, -0.1) is 0 Å². The molecule has 0 amide bonds. The quantitative estimate of drug-likeness (QED) is 0.835. The summed E-state index contributed by atoms with van der Waals surface area (Å²) in [5.74, 6) is -1.81. The smallest absolute Gasteiger partial charge is 0.328 e. The minimum Gasteiger partial charge on any atom is -0.478 e. The summed E-state index contributed by atoms with van der Waals surface area (Å²) >= 11 is 5.47. The Balaban J connectivity index is 2.92. The molecule has 80 valence electrons. The lowest BCUT2D eigenvalue weighted by Crippen LogP contribution is -1.91. The van der Waals surface area contributed by atoms with Crippen LogP contribution in [0.1, 0.15) is 0 Å². The van der Waals surface area contributed by atoms with Crippen LogP contribution in [-0.4, -0.2) is 15.3 Å². The van der Waals surface area contributed by atoms with Crippen LogP contribution in [0.4, 0.5) is 4.39 Å². The van der Waals surface area contributed by atoms with E-state index < -0.39 is 22.6 Å². The summed E-state index contributed by atoms with van der Waals surface area (Å²) < 4.78 is 24.1. The van der Waals surface area contributed by atoms with Crippen LogP contribution < -0.4 is 0 Å². The molecule has 0 aromatic heterocycles. The Morgan fingerprint density at radius 3 is 2.73 bits per heavy atom. The van der Waals surface area contributed by atoms with Gasteiger partial charge in [-0.1, -0.05) is 11.6 Å². The lowest BCUT2D eigenvalue weighted by atomic mass is 10.3. The molecule has 0 saturated heterocycles. The second-order valence-electron chi connectivity index (χ2n) is 2.51. The molecule has 0 radical (unpaired) electrons. The molecule has 0 heterocycles. The van der Waals surface area contributed by atoms with Crippen molar-refractivity contribution in [2.24, 2.45) is 0 Å². The van der Waals surface area contributed by atoms with E-state index in [2.05, 4.69) is 0 Å². The van der Waals surface area contributed by atoms with E-state index in [1.165, 1.54) is 12.1 Å². The third-order valence-corrected chi connectivity index (χ3v) is 2.85. The second kappa shape index (κ2) is 5.04. The number of benzene rings is 1. The third-order valence-electron chi connectivity index (χ3n) is 1.46. The van der Waals surface area contributed by atoms with Gasteiger partial charge in [-0.2, -0.15) is 0 Å². The Bertz CT molecular complexity index is 445. The first-order valence-electron chi connectivity index (χ1n) is 3.77. The average molecular weight is 249 g/mol. The van der Waals surface area contributed by atoms with E-state index in [4.69, 9.17) is 16.7 Å². The van der Waals surface area contributed by atoms with Gasteiger partial charge in [-0.3, -0.25) is 0 Å². The Morgan fingerprint density at radius 2 is 2.20 bits per heavy atom. The van der Waals surface area contributed by atoms with Crippen LogP contribution in [0.2, 0.25) is 5.02 Å². The minimum atomic E-state index is -1.64. The minimum absolute atomic E-state index is 0.149. The van der Waals surface area contributed by atoms with Gasteiger partial charge in [0.25, 0.3) is 0 Å². The standard InChI is InChI=1S/C9H6ClFO3S/c10-7-5-6(1-2-8(7)11)15(14)4-3-9(12)13/h1-5H,(H,12,13)/b4-3+. The molecule has 0 spiro atoms. The van der Waals surface area contributed by atoms with Crippen LogP contribution in [0.25, 0.3) is 0 Å². The fourth-order valence-corrected chi connectivity index (χ4v) is 1.88. The van der Waals surface area contributed by atoms with Gasteiger partial charge in [-0.05, 0) is 18.2 Å². The molecule has 0 aliphatic carbocycles. The molecule has 1 rings (SSSR count). The highest BCUT2D eigenvalue weighted by Gasteiger charge is 2.05. The summed E-state index contributed by atoms with van der Waals surface area (Å²) in [7, 11) is -1.64. The molecule has 0 aliphatic heterocycles. The van der Waals surface area contributed by atoms with E-state index in [0.717, 1.165) is 17.6 Å². The fraction of sp³-hybridized carbons (Fsp3) is 0. The Kier molecular flexibility index (Phi) is 3.99. The fourth-order valence-electron chi connectivity index (χ4n) is 0.801. The highest BCUT2D eigenvalue weighted by Crippen LogP contribution is 2.18. The SMILES string of the molecule is O=C(O)/C=C/S(=O)c1ccc(F)c(Cl)c1. The van der Waals surface area contributed by atoms with Crippen molar-refractivity contribution in [3.63, 3.8) is 0 Å². The summed E-state index contributed by atoms with van der Waals surface area (Å²) in [5.41, 5.74) is 0. The van der Waals surface area contributed by atoms with Crippen molar-refractivity contribution in [1.29, 1.82) is 0 Å². The number of carbonyl (C=O) groups is 1. The van der Waals surface area contributed by atoms with Gasteiger partial charge >= 0.3 is 5.97 Å². The van der Waals surface area contributed by atoms with Crippen molar-refractivity contribution in [3.8, 4) is 0 Å². The highest BCUT2D eigenvalue weighted by atomic mass is 35.5. The van der Waals surface area contributed by atoms with Crippen LogP contribution in [0.15, 0.2) is 34.6 Å². The second-order valence-corrected chi connectivity index (χ2v) is 4.26. The van der Waals surface area contributed by atoms with Crippen LogP contribution >= 0.6 is 11.6 Å². The summed E-state index contributed by atoms with van der Waals surface area (Å²) in [6.45, 7) is 0. The van der Waals surface area contributed by atoms with Crippen LogP contribution in [0, 0.1) is 5.82 Å². The molecular formula is C9H6ClFO3S. The number of rotatable bonds is 3. The molecule has 0 fully saturated rings. The molecule has 0 bridgehead atoms. The number of aliphatic carboxylic acids is 1. The number of halogens is 2. The summed E-state index contributed by atoms with van der Waals surface area (Å²) in [5, 5.41) is 9.14. The van der Waals surface area contributed by atoms with E-state index >= 15 is 0 Å². The van der Waals surface area contributed by atoms with E-state index in [0.29, 0.717) is 0 Å². The zero-order chi connectivity index (χ0) is 11.4.